The summed E-state index contributed by atoms with van der Waals surface area (Å²) in [5, 5.41) is 75.3. The third kappa shape index (κ3) is 4.74. The molecule has 5 heterocycles. The minimum Gasteiger partial charge on any atom is -0.508 e. The third-order valence-electron chi connectivity index (χ3n) is 9.63. The first-order valence-corrected chi connectivity index (χ1v) is 16.1. The number of aromatic nitrogens is 3. The summed E-state index contributed by atoms with van der Waals surface area (Å²) >= 11 is 0. The number of carbonyl (C=O) groups is 2. The number of hydrogen-bond acceptors (Lipinski definition) is 12. The topological polar surface area (TPSA) is 234 Å². The van der Waals surface area contributed by atoms with Gasteiger partial charge in [-0.3, -0.25) is 14.6 Å². The van der Waals surface area contributed by atoms with Gasteiger partial charge in [-0.15, -0.1) is 0 Å². The number of pyridine rings is 1. The van der Waals surface area contributed by atoms with Crippen LogP contribution in [0.3, 0.4) is 0 Å². The SMILES string of the molecule is O=C1c2c(c3c4ccc(O)cc4n([C@@H]4O[C@H](CO)[C@@H](O)[C@H](O)[C@H]4O)c3c3[nH]c4cc(O)ccc4c23)C(=O)N1NCc1ccnc(CCCO)c1. The van der Waals surface area contributed by atoms with Crippen molar-refractivity contribution < 1.29 is 50.1 Å². The highest BCUT2D eigenvalue weighted by Crippen LogP contribution is 2.48. The summed E-state index contributed by atoms with van der Waals surface area (Å²) in [7, 11) is 0. The second-order valence-corrected chi connectivity index (χ2v) is 12.6. The van der Waals surface area contributed by atoms with Crippen LogP contribution in [0.1, 0.15) is 44.6 Å². The molecule has 2 amide bonds. The summed E-state index contributed by atoms with van der Waals surface area (Å²) in [6, 6.07) is 12.5. The van der Waals surface area contributed by atoms with Gasteiger partial charge in [0.1, 0.15) is 35.9 Å². The van der Waals surface area contributed by atoms with Gasteiger partial charge >= 0.3 is 0 Å². The Hall–Kier alpha value is -5.13. The number of hydrazine groups is 1. The highest BCUT2D eigenvalue weighted by molar-refractivity contribution is 6.39. The van der Waals surface area contributed by atoms with Crippen LogP contribution in [-0.4, -0.2) is 105 Å². The van der Waals surface area contributed by atoms with Gasteiger partial charge in [0.15, 0.2) is 6.23 Å². The number of amides is 2. The standard InChI is InChI=1S/C35H33N5O10/c41-9-1-2-16-10-15(7-8-36-16)13-37-40-33(48)26-24-19-5-3-17(43)11-21(19)38-28(24)29-25(27(26)34(40)49)20-6-4-18(44)12-22(20)39(29)35-32(47)31(46)30(45)23(14-42)50-35/h3-8,10-12,23,30-32,35,37-38,41-47H,1-2,9,13-14H2/t23-,30-,31+,32-,35-/m1/s1. The molecule has 3 aromatic heterocycles. The normalized spacial score (nSPS) is 22.5. The number of nitrogens with one attached hydrogen (secondary N) is 2. The molecule has 6 aromatic rings. The van der Waals surface area contributed by atoms with Gasteiger partial charge in [-0.1, -0.05) is 0 Å². The molecule has 2 aliphatic heterocycles. The number of H-pyrrole nitrogens is 1. The van der Waals surface area contributed by atoms with E-state index in [-0.39, 0.29) is 52.2 Å². The van der Waals surface area contributed by atoms with Gasteiger partial charge in [-0.2, -0.15) is 0 Å². The number of imide groups is 1. The Morgan fingerprint density at radius 1 is 0.860 bits per heavy atom. The van der Waals surface area contributed by atoms with E-state index in [1.54, 1.807) is 24.4 Å². The molecule has 0 aliphatic carbocycles. The molecule has 9 N–H and O–H groups in total. The number of aliphatic hydroxyl groups is 5. The third-order valence-corrected chi connectivity index (χ3v) is 9.63. The fourth-order valence-corrected chi connectivity index (χ4v) is 7.32. The summed E-state index contributed by atoms with van der Waals surface area (Å²) in [6.07, 6.45) is -5.12. The van der Waals surface area contributed by atoms with E-state index in [1.165, 1.54) is 28.8 Å². The van der Waals surface area contributed by atoms with Crippen molar-refractivity contribution in [2.45, 2.75) is 50.0 Å². The van der Waals surface area contributed by atoms with Crippen LogP contribution in [0.5, 0.6) is 11.5 Å². The molecule has 3 aromatic carbocycles. The van der Waals surface area contributed by atoms with Crippen molar-refractivity contribution in [2.75, 3.05) is 13.2 Å². The Balaban J connectivity index is 1.38. The van der Waals surface area contributed by atoms with Crippen molar-refractivity contribution in [2.24, 2.45) is 0 Å². The number of hydrogen-bond donors (Lipinski definition) is 9. The second kappa shape index (κ2) is 12.0. The first-order valence-electron chi connectivity index (χ1n) is 16.1. The molecule has 2 aliphatic rings. The minimum atomic E-state index is -1.74. The maximum absolute atomic E-state index is 14.5. The highest BCUT2D eigenvalue weighted by atomic mass is 16.6. The molecular weight excluding hydrogens is 650 g/mol. The van der Waals surface area contributed by atoms with E-state index in [9.17, 15) is 45.3 Å². The molecule has 258 valence electrons. The van der Waals surface area contributed by atoms with Gasteiger partial charge in [-0.05, 0) is 54.8 Å². The molecule has 5 atom stereocenters. The summed E-state index contributed by atoms with van der Waals surface area (Å²) in [4.78, 5) is 36.4. The Kier molecular flexibility index (Phi) is 7.72. The Morgan fingerprint density at radius 3 is 2.32 bits per heavy atom. The van der Waals surface area contributed by atoms with Gasteiger partial charge in [0.25, 0.3) is 11.8 Å². The molecular formula is C35H33N5O10. The molecule has 15 nitrogen and oxygen atoms in total. The van der Waals surface area contributed by atoms with E-state index in [1.807, 2.05) is 6.07 Å². The molecule has 0 spiro atoms. The number of aromatic amines is 1. The number of aliphatic hydroxyl groups excluding tert-OH is 5. The van der Waals surface area contributed by atoms with Crippen LogP contribution < -0.4 is 5.43 Å². The largest absolute Gasteiger partial charge is 0.508 e. The number of benzene rings is 3. The molecule has 50 heavy (non-hydrogen) atoms. The number of aryl methyl sites for hydroxylation is 1. The highest BCUT2D eigenvalue weighted by Gasteiger charge is 2.47. The summed E-state index contributed by atoms with van der Waals surface area (Å²) in [5.74, 6) is -1.52. The zero-order valence-corrected chi connectivity index (χ0v) is 26.3. The van der Waals surface area contributed by atoms with E-state index in [2.05, 4.69) is 15.4 Å². The first-order chi connectivity index (χ1) is 24.1. The average Bonchev–Trinajstić information content (AvgIpc) is 3.72. The second-order valence-electron chi connectivity index (χ2n) is 12.6. The number of aromatic hydroxyl groups is 2. The van der Waals surface area contributed by atoms with Crippen molar-refractivity contribution in [3.05, 3.63) is 77.1 Å². The quantitative estimate of drug-likeness (QED) is 0.104. The van der Waals surface area contributed by atoms with Crippen LogP contribution in [0.15, 0.2) is 54.7 Å². The molecule has 1 saturated heterocycles. The van der Waals surface area contributed by atoms with Gasteiger partial charge in [0.2, 0.25) is 0 Å². The predicted octanol–water partition coefficient (Wildman–Crippen LogP) is 1.43. The zero-order valence-electron chi connectivity index (χ0n) is 26.3. The van der Waals surface area contributed by atoms with Gasteiger partial charge in [-0.25, -0.2) is 10.4 Å². The molecule has 15 heteroatoms. The lowest BCUT2D eigenvalue weighted by molar-refractivity contribution is -0.249. The summed E-state index contributed by atoms with van der Waals surface area (Å²) in [6.45, 7) is -0.578. The maximum Gasteiger partial charge on any atom is 0.276 e. The van der Waals surface area contributed by atoms with Crippen LogP contribution >= 0.6 is 0 Å². The van der Waals surface area contributed by atoms with Crippen molar-refractivity contribution in [1.82, 2.24) is 25.0 Å². The van der Waals surface area contributed by atoms with Gasteiger partial charge in [0.05, 0.1) is 39.8 Å². The Morgan fingerprint density at radius 2 is 1.58 bits per heavy atom. The first kappa shape index (κ1) is 32.1. The van der Waals surface area contributed by atoms with Crippen molar-refractivity contribution in [3.63, 3.8) is 0 Å². The fourth-order valence-electron chi connectivity index (χ4n) is 7.32. The Bertz CT molecular complexity index is 2350. The van der Waals surface area contributed by atoms with E-state index in [0.717, 1.165) is 16.3 Å². The van der Waals surface area contributed by atoms with Crippen LogP contribution in [-0.2, 0) is 17.7 Å². The maximum atomic E-state index is 14.5. The summed E-state index contributed by atoms with van der Waals surface area (Å²) in [5.41, 5.74) is 5.88. The number of fused-ring (bicyclic) bond motifs is 10. The number of carbonyl (C=O) groups excluding carboxylic acids is 2. The van der Waals surface area contributed by atoms with E-state index in [0.29, 0.717) is 40.0 Å². The predicted molar refractivity (Wildman–Crippen MR) is 178 cm³/mol. The monoisotopic (exact) mass is 683 g/mol. The Labute approximate surface area is 282 Å². The number of nitrogens with zero attached hydrogens (tertiary/aromatic N) is 3. The van der Waals surface area contributed by atoms with Crippen molar-refractivity contribution in [3.8, 4) is 11.5 Å². The average molecular weight is 684 g/mol. The lowest BCUT2D eigenvalue weighted by Gasteiger charge is -2.41. The minimum absolute atomic E-state index is 0.0159. The molecule has 8 rings (SSSR count). The van der Waals surface area contributed by atoms with Gasteiger partial charge < -0.3 is 50.0 Å². The van der Waals surface area contributed by atoms with Crippen LogP contribution in [0, 0.1) is 0 Å². The number of phenols is 2. The van der Waals surface area contributed by atoms with Crippen molar-refractivity contribution >= 4 is 55.4 Å². The van der Waals surface area contributed by atoms with Crippen LogP contribution in [0.25, 0.3) is 43.6 Å². The van der Waals surface area contributed by atoms with E-state index < -0.39 is 49.1 Å². The smallest absolute Gasteiger partial charge is 0.276 e. The fraction of sp³-hybridized carbons (Fsp3) is 0.286. The van der Waals surface area contributed by atoms with E-state index in [4.69, 9.17) is 4.74 Å². The van der Waals surface area contributed by atoms with Gasteiger partial charge in [0, 0.05) is 58.7 Å². The van der Waals surface area contributed by atoms with Crippen molar-refractivity contribution in [1.29, 1.82) is 0 Å². The summed E-state index contributed by atoms with van der Waals surface area (Å²) < 4.78 is 7.48. The zero-order chi connectivity index (χ0) is 35.0. The molecule has 0 radical (unpaired) electrons. The number of rotatable bonds is 8. The van der Waals surface area contributed by atoms with Crippen LogP contribution in [0.2, 0.25) is 0 Å². The molecule has 0 bridgehead atoms. The molecule has 0 unspecified atom stereocenters. The lowest BCUT2D eigenvalue weighted by atomic mass is 9.96. The number of ether oxygens (including phenoxy) is 1. The van der Waals surface area contributed by atoms with E-state index >= 15 is 0 Å². The molecule has 1 fully saturated rings. The molecule has 0 saturated carbocycles. The van der Waals surface area contributed by atoms with Crippen LogP contribution in [0.4, 0.5) is 0 Å². The number of phenolic OH excluding ortho intramolecular Hbond substituents is 2. The lowest BCUT2D eigenvalue weighted by Crippen LogP contribution is -2.56.